The van der Waals surface area contributed by atoms with E-state index in [0.717, 1.165) is 10.9 Å². The molecule has 2 rings (SSSR count). The summed E-state index contributed by atoms with van der Waals surface area (Å²) in [5.41, 5.74) is 0.966. The molecule has 0 amide bonds. The highest BCUT2D eigenvalue weighted by Gasteiger charge is 1.94. The average molecular weight is 253 g/mol. The molecule has 0 spiro atoms. The summed E-state index contributed by atoms with van der Waals surface area (Å²) < 4.78 is 0. The van der Waals surface area contributed by atoms with Crippen LogP contribution in [0, 0.1) is 12.3 Å². The molecule has 0 aliphatic carbocycles. The van der Waals surface area contributed by atoms with Crippen LogP contribution in [0.2, 0.25) is 0 Å². The van der Waals surface area contributed by atoms with Crippen LogP contribution in [0.5, 0.6) is 0 Å². The lowest BCUT2D eigenvalue weighted by Gasteiger charge is -2.13. The summed E-state index contributed by atoms with van der Waals surface area (Å²) in [6.07, 6.45) is 5.37. The first-order valence-corrected chi connectivity index (χ1v) is 6.93. The second-order valence-electron chi connectivity index (χ2n) is 4.29. The molecule has 2 aromatic rings. The molecule has 0 aliphatic heterocycles. The zero-order valence-corrected chi connectivity index (χ0v) is 12.2. The van der Waals surface area contributed by atoms with Gasteiger partial charge in [-0.05, 0) is 36.5 Å². The normalized spacial score (nSPS) is 9.84. The molecule has 0 saturated carbocycles. The van der Waals surface area contributed by atoms with Crippen molar-refractivity contribution in [3.63, 3.8) is 0 Å². The molecular weight excluding hydrogens is 230 g/mol. The van der Waals surface area contributed by atoms with E-state index in [-0.39, 0.29) is 0 Å². The topological polar surface area (TPSA) is 3.24 Å². The lowest BCUT2D eigenvalue weighted by atomic mass is 10.1. The first-order valence-electron chi connectivity index (χ1n) is 6.93. The lowest BCUT2D eigenvalue weighted by Crippen LogP contribution is -2.21. The molecule has 0 aliphatic rings. The third kappa shape index (κ3) is 4.43. The van der Waals surface area contributed by atoms with Crippen LogP contribution in [0.1, 0.15) is 26.3 Å². The number of nitrogens with zero attached hydrogens (tertiary/aromatic N) is 1. The largest absolute Gasteiger partial charge is 0.304 e. The fourth-order valence-electron chi connectivity index (χ4n) is 2.02. The Bertz CT molecular complexity index is 522. The van der Waals surface area contributed by atoms with Gasteiger partial charge < -0.3 is 4.90 Å². The summed E-state index contributed by atoms with van der Waals surface area (Å²) in [5.74, 6) is 2.67. The molecule has 0 fully saturated rings. The van der Waals surface area contributed by atoms with Gasteiger partial charge >= 0.3 is 0 Å². The van der Waals surface area contributed by atoms with Gasteiger partial charge in [0, 0.05) is 5.56 Å². The van der Waals surface area contributed by atoms with Crippen molar-refractivity contribution in [1.29, 1.82) is 0 Å². The first-order chi connectivity index (χ1) is 9.26. The van der Waals surface area contributed by atoms with Crippen molar-refractivity contribution in [3.8, 4) is 12.3 Å². The molecule has 0 atom stereocenters. The molecule has 100 valence electrons. The van der Waals surface area contributed by atoms with Crippen LogP contribution in [-0.2, 0) is 0 Å². The Morgan fingerprint density at radius 3 is 2.00 bits per heavy atom. The zero-order chi connectivity index (χ0) is 14.1. The summed E-state index contributed by atoms with van der Waals surface area (Å²) in [6.45, 7) is 10.1. The Kier molecular flexibility index (Phi) is 6.71. The minimum atomic E-state index is 0.966. The molecule has 0 heterocycles. The van der Waals surface area contributed by atoms with Gasteiger partial charge in [-0.3, -0.25) is 0 Å². The zero-order valence-electron chi connectivity index (χ0n) is 12.2. The third-order valence-corrected chi connectivity index (χ3v) is 3.29. The summed E-state index contributed by atoms with van der Waals surface area (Å²) in [4.78, 5) is 2.38. The average Bonchev–Trinajstić information content (AvgIpc) is 2.49. The summed E-state index contributed by atoms with van der Waals surface area (Å²) in [6, 6.07) is 14.1. The van der Waals surface area contributed by atoms with Crippen molar-refractivity contribution >= 4 is 10.8 Å². The van der Waals surface area contributed by atoms with Crippen molar-refractivity contribution in [2.24, 2.45) is 0 Å². The summed E-state index contributed by atoms with van der Waals surface area (Å²) in [7, 11) is 0. The Labute approximate surface area is 117 Å². The van der Waals surface area contributed by atoms with Crippen molar-refractivity contribution in [3.05, 3.63) is 48.0 Å². The van der Waals surface area contributed by atoms with Crippen LogP contribution in [-0.4, -0.2) is 24.5 Å². The Morgan fingerprint density at radius 1 is 0.895 bits per heavy atom. The molecule has 0 saturated heterocycles. The van der Waals surface area contributed by atoms with Crippen LogP contribution >= 0.6 is 0 Å². The van der Waals surface area contributed by atoms with Gasteiger partial charge in [0.1, 0.15) is 0 Å². The van der Waals surface area contributed by atoms with Crippen molar-refractivity contribution in [2.75, 3.05) is 19.6 Å². The van der Waals surface area contributed by atoms with Gasteiger partial charge in [0.2, 0.25) is 0 Å². The highest BCUT2D eigenvalue weighted by atomic mass is 15.1. The predicted octanol–water partition coefficient (Wildman–Crippen LogP) is 4.17. The second kappa shape index (κ2) is 8.34. The Morgan fingerprint density at radius 2 is 1.47 bits per heavy atom. The van der Waals surface area contributed by atoms with E-state index < -0.39 is 0 Å². The Balaban J connectivity index is 0.000000224. The van der Waals surface area contributed by atoms with Gasteiger partial charge in [0.05, 0.1) is 0 Å². The van der Waals surface area contributed by atoms with E-state index in [0.29, 0.717) is 0 Å². The molecule has 0 radical (unpaired) electrons. The van der Waals surface area contributed by atoms with E-state index in [1.165, 1.54) is 25.0 Å². The van der Waals surface area contributed by atoms with Crippen molar-refractivity contribution in [2.45, 2.75) is 20.8 Å². The number of terminal acetylenes is 1. The fraction of sp³-hybridized carbons (Fsp3) is 0.333. The number of fused-ring (bicyclic) bond motifs is 1. The maximum Gasteiger partial charge on any atom is 0.0321 e. The molecule has 1 nitrogen and oxygen atoms in total. The fourth-order valence-corrected chi connectivity index (χ4v) is 2.02. The van der Waals surface area contributed by atoms with Gasteiger partial charge in [-0.1, -0.05) is 63.1 Å². The van der Waals surface area contributed by atoms with Crippen LogP contribution in [0.3, 0.4) is 0 Å². The molecule has 19 heavy (non-hydrogen) atoms. The second-order valence-corrected chi connectivity index (χ2v) is 4.29. The molecule has 1 heteroatoms. The third-order valence-electron chi connectivity index (χ3n) is 3.29. The van der Waals surface area contributed by atoms with Gasteiger partial charge in [-0.2, -0.15) is 0 Å². The smallest absolute Gasteiger partial charge is 0.0321 e. The van der Waals surface area contributed by atoms with E-state index >= 15 is 0 Å². The number of benzene rings is 2. The van der Waals surface area contributed by atoms with E-state index in [4.69, 9.17) is 6.42 Å². The number of hydrogen-bond donors (Lipinski definition) is 0. The lowest BCUT2D eigenvalue weighted by molar-refractivity contribution is 0.321. The predicted molar refractivity (Wildman–Crippen MR) is 85.3 cm³/mol. The number of rotatable bonds is 3. The quantitative estimate of drug-likeness (QED) is 0.742. The van der Waals surface area contributed by atoms with Crippen LogP contribution < -0.4 is 0 Å². The number of hydrogen-bond acceptors (Lipinski definition) is 1. The van der Waals surface area contributed by atoms with Gasteiger partial charge in [-0.15, -0.1) is 6.42 Å². The standard InChI is InChI=1S/C12H8.C6H15N/c1-2-10-7-5-8-11-6-3-4-9-12(10)11;1-4-7(5-2)6-3/h1,3-9H;4-6H2,1-3H3. The van der Waals surface area contributed by atoms with E-state index in [1.54, 1.807) is 0 Å². The van der Waals surface area contributed by atoms with E-state index in [9.17, 15) is 0 Å². The SMILES string of the molecule is C#Cc1cccc2ccccc12.CCN(CC)CC. The minimum absolute atomic E-state index is 0.966. The minimum Gasteiger partial charge on any atom is -0.304 e. The summed E-state index contributed by atoms with van der Waals surface area (Å²) in [5, 5.41) is 2.36. The van der Waals surface area contributed by atoms with E-state index in [2.05, 4.69) is 43.7 Å². The van der Waals surface area contributed by atoms with Gasteiger partial charge in [0.25, 0.3) is 0 Å². The van der Waals surface area contributed by atoms with Crippen LogP contribution in [0.25, 0.3) is 10.8 Å². The molecular formula is C18H23N. The highest BCUT2D eigenvalue weighted by molar-refractivity contribution is 5.87. The van der Waals surface area contributed by atoms with Gasteiger partial charge in [-0.25, -0.2) is 0 Å². The molecule has 0 aromatic heterocycles. The summed E-state index contributed by atoms with van der Waals surface area (Å²) >= 11 is 0. The first kappa shape index (κ1) is 15.3. The van der Waals surface area contributed by atoms with Crippen molar-refractivity contribution < 1.29 is 0 Å². The van der Waals surface area contributed by atoms with Gasteiger partial charge in [0.15, 0.2) is 0 Å². The van der Waals surface area contributed by atoms with E-state index in [1.807, 2.05) is 30.3 Å². The molecule has 0 N–H and O–H groups in total. The van der Waals surface area contributed by atoms with Crippen LogP contribution in [0.15, 0.2) is 42.5 Å². The van der Waals surface area contributed by atoms with Crippen LogP contribution in [0.4, 0.5) is 0 Å². The molecule has 2 aromatic carbocycles. The van der Waals surface area contributed by atoms with Crippen molar-refractivity contribution in [1.82, 2.24) is 4.90 Å². The maximum atomic E-state index is 5.37. The monoisotopic (exact) mass is 253 g/mol. The molecule has 0 unspecified atom stereocenters. The highest BCUT2D eigenvalue weighted by Crippen LogP contribution is 2.16. The maximum absolute atomic E-state index is 5.37. The molecule has 0 bridgehead atoms. The Hall–Kier alpha value is -1.78.